The minimum absolute atomic E-state index is 0.0634. The maximum Gasteiger partial charge on any atom is 0.166 e. The number of nitrogens with zero attached hydrogens (tertiary/aromatic N) is 2. The van der Waals surface area contributed by atoms with Gasteiger partial charge in [-0.05, 0) is 50.1 Å². The summed E-state index contributed by atoms with van der Waals surface area (Å²) >= 11 is 12.4. The molecule has 1 fully saturated rings. The van der Waals surface area contributed by atoms with Gasteiger partial charge in [0.15, 0.2) is 11.6 Å². The van der Waals surface area contributed by atoms with Gasteiger partial charge in [0.1, 0.15) is 11.9 Å². The Morgan fingerprint density at radius 2 is 1.79 bits per heavy atom. The van der Waals surface area contributed by atoms with Gasteiger partial charge in [0.25, 0.3) is 0 Å². The Kier molecular flexibility index (Phi) is 7.63. The molecule has 1 aliphatic rings. The van der Waals surface area contributed by atoms with Gasteiger partial charge in [-0.1, -0.05) is 47.5 Å². The standard InChI is InChI=1S/C26H29Cl2FN4O/c1-15-12-33(13-16(2)32-15)14-18-4-6-19(7-5-18)20-10-23(26(30)31-11-20)34-17(3)24-21(27)8-9-22(29)25(24)28/h4-11,15-17,32H,12-14H2,1-3H3,(H2,30,31)/t15-,16+,17?. The predicted octanol–water partition coefficient (Wildman–Crippen LogP) is 6.10. The summed E-state index contributed by atoms with van der Waals surface area (Å²) in [4.78, 5) is 6.77. The van der Waals surface area contributed by atoms with Crippen molar-refractivity contribution in [1.29, 1.82) is 0 Å². The Hall–Kier alpha value is -2.38. The van der Waals surface area contributed by atoms with Crippen LogP contribution in [0.3, 0.4) is 0 Å². The van der Waals surface area contributed by atoms with E-state index in [1.807, 2.05) is 6.07 Å². The minimum Gasteiger partial charge on any atom is -0.482 e. The lowest BCUT2D eigenvalue weighted by molar-refractivity contribution is 0.166. The first-order chi connectivity index (χ1) is 16.2. The van der Waals surface area contributed by atoms with Crippen LogP contribution in [-0.4, -0.2) is 35.1 Å². The molecular formula is C26H29Cl2FN4O. The Balaban J connectivity index is 1.50. The summed E-state index contributed by atoms with van der Waals surface area (Å²) < 4.78 is 20.0. The van der Waals surface area contributed by atoms with Crippen molar-refractivity contribution in [2.45, 2.75) is 45.5 Å². The highest BCUT2D eigenvalue weighted by atomic mass is 35.5. The van der Waals surface area contributed by atoms with Crippen molar-refractivity contribution in [2.24, 2.45) is 0 Å². The van der Waals surface area contributed by atoms with Crippen molar-refractivity contribution in [3.63, 3.8) is 0 Å². The largest absolute Gasteiger partial charge is 0.482 e. The summed E-state index contributed by atoms with van der Waals surface area (Å²) in [5, 5.41) is 3.83. The molecule has 0 radical (unpaired) electrons. The Bertz CT molecular complexity index is 1150. The highest BCUT2D eigenvalue weighted by molar-refractivity contribution is 6.36. The molecule has 1 aliphatic heterocycles. The van der Waals surface area contributed by atoms with E-state index in [1.54, 1.807) is 13.1 Å². The van der Waals surface area contributed by atoms with Crippen molar-refractivity contribution in [3.8, 4) is 16.9 Å². The highest BCUT2D eigenvalue weighted by Crippen LogP contribution is 2.37. The second kappa shape index (κ2) is 10.5. The van der Waals surface area contributed by atoms with E-state index < -0.39 is 11.9 Å². The van der Waals surface area contributed by atoms with Gasteiger partial charge in [-0.3, -0.25) is 4.90 Å². The topological polar surface area (TPSA) is 63.4 Å². The van der Waals surface area contributed by atoms with Crippen LogP contribution in [0.25, 0.3) is 11.1 Å². The number of nitrogen functional groups attached to an aromatic ring is 1. The first-order valence-corrected chi connectivity index (χ1v) is 12.1. The molecule has 3 N–H and O–H groups in total. The summed E-state index contributed by atoms with van der Waals surface area (Å²) in [6, 6.07) is 13.9. The van der Waals surface area contributed by atoms with Crippen LogP contribution in [0.1, 0.15) is 38.0 Å². The first-order valence-electron chi connectivity index (χ1n) is 11.3. The molecule has 0 bridgehead atoms. The van der Waals surface area contributed by atoms with E-state index in [9.17, 15) is 4.39 Å². The van der Waals surface area contributed by atoms with E-state index in [1.165, 1.54) is 17.7 Å². The molecule has 2 aromatic carbocycles. The SMILES string of the molecule is CC(Oc1cc(-c2ccc(CN3C[C@@H](C)N[C@@H](C)C3)cc2)cnc1N)c1c(Cl)ccc(F)c1Cl. The van der Waals surface area contributed by atoms with Gasteiger partial charge in [0.2, 0.25) is 0 Å². The molecule has 0 aliphatic carbocycles. The molecule has 8 heteroatoms. The van der Waals surface area contributed by atoms with E-state index in [0.29, 0.717) is 28.4 Å². The Labute approximate surface area is 210 Å². The number of nitrogens with one attached hydrogen (secondary N) is 1. The second-order valence-corrected chi connectivity index (χ2v) is 9.77. The van der Waals surface area contributed by atoms with Crippen molar-refractivity contribution in [2.75, 3.05) is 18.8 Å². The molecular weight excluding hydrogens is 474 g/mol. The third-order valence-corrected chi connectivity index (χ3v) is 6.71. The molecule has 2 heterocycles. The molecule has 180 valence electrons. The number of halogens is 3. The van der Waals surface area contributed by atoms with Gasteiger partial charge in [0, 0.05) is 54.1 Å². The zero-order valence-electron chi connectivity index (χ0n) is 19.5. The predicted molar refractivity (Wildman–Crippen MR) is 137 cm³/mol. The van der Waals surface area contributed by atoms with E-state index in [2.05, 4.69) is 53.3 Å². The lowest BCUT2D eigenvalue weighted by Crippen LogP contribution is -2.53. The van der Waals surface area contributed by atoms with E-state index >= 15 is 0 Å². The van der Waals surface area contributed by atoms with Crippen molar-refractivity contribution >= 4 is 29.0 Å². The number of aromatic nitrogens is 1. The third-order valence-electron chi connectivity index (χ3n) is 6.00. The number of benzene rings is 2. The average Bonchev–Trinajstić information content (AvgIpc) is 2.78. The molecule has 1 saturated heterocycles. The molecule has 5 nitrogen and oxygen atoms in total. The lowest BCUT2D eigenvalue weighted by Gasteiger charge is -2.36. The van der Waals surface area contributed by atoms with Crippen LogP contribution in [0, 0.1) is 5.82 Å². The lowest BCUT2D eigenvalue weighted by atomic mass is 10.0. The Morgan fingerprint density at radius 3 is 2.47 bits per heavy atom. The van der Waals surface area contributed by atoms with Crippen molar-refractivity contribution in [1.82, 2.24) is 15.2 Å². The average molecular weight is 503 g/mol. The second-order valence-electron chi connectivity index (χ2n) is 8.98. The summed E-state index contributed by atoms with van der Waals surface area (Å²) in [5.74, 6) is 0.0632. The highest BCUT2D eigenvalue weighted by Gasteiger charge is 2.21. The van der Waals surface area contributed by atoms with Crippen LogP contribution >= 0.6 is 23.2 Å². The first kappa shape index (κ1) is 24.7. The Morgan fingerprint density at radius 1 is 1.12 bits per heavy atom. The molecule has 0 amide bonds. The third kappa shape index (κ3) is 5.63. The number of hydrogen-bond donors (Lipinski definition) is 2. The van der Waals surface area contributed by atoms with Crippen LogP contribution in [0.2, 0.25) is 10.0 Å². The number of hydrogen-bond acceptors (Lipinski definition) is 5. The molecule has 34 heavy (non-hydrogen) atoms. The maximum atomic E-state index is 14.0. The number of pyridine rings is 1. The summed E-state index contributed by atoms with van der Waals surface area (Å²) in [7, 11) is 0. The molecule has 0 spiro atoms. The molecule has 3 atom stereocenters. The fourth-order valence-corrected chi connectivity index (χ4v) is 5.18. The molecule has 3 aromatic rings. The number of anilines is 1. The molecule has 4 rings (SSSR count). The van der Waals surface area contributed by atoms with E-state index in [4.69, 9.17) is 33.7 Å². The summed E-state index contributed by atoms with van der Waals surface area (Å²) in [5.41, 5.74) is 9.55. The van der Waals surface area contributed by atoms with Crippen molar-refractivity contribution in [3.05, 3.63) is 75.7 Å². The normalized spacial score (nSPS) is 19.7. The van der Waals surface area contributed by atoms with E-state index in [0.717, 1.165) is 30.8 Å². The van der Waals surface area contributed by atoms with Gasteiger partial charge >= 0.3 is 0 Å². The van der Waals surface area contributed by atoms with Gasteiger partial charge in [-0.2, -0.15) is 0 Å². The van der Waals surface area contributed by atoms with Crippen LogP contribution in [0.4, 0.5) is 10.2 Å². The zero-order valence-corrected chi connectivity index (χ0v) is 21.0. The van der Waals surface area contributed by atoms with Crippen LogP contribution in [-0.2, 0) is 6.54 Å². The maximum absolute atomic E-state index is 14.0. The molecule has 0 saturated carbocycles. The van der Waals surface area contributed by atoms with Gasteiger partial charge < -0.3 is 15.8 Å². The number of piperazine rings is 1. The fourth-order valence-electron chi connectivity index (χ4n) is 4.50. The zero-order chi connectivity index (χ0) is 24.4. The number of ether oxygens (including phenoxy) is 1. The quantitative estimate of drug-likeness (QED) is 0.398. The van der Waals surface area contributed by atoms with Gasteiger partial charge in [0.05, 0.1) is 5.02 Å². The molecule has 1 aromatic heterocycles. The monoisotopic (exact) mass is 502 g/mol. The summed E-state index contributed by atoms with van der Waals surface area (Å²) in [6.45, 7) is 9.16. The fraction of sp³-hybridized carbons (Fsp3) is 0.346. The van der Waals surface area contributed by atoms with Crippen molar-refractivity contribution < 1.29 is 9.13 Å². The van der Waals surface area contributed by atoms with Crippen LogP contribution in [0.15, 0.2) is 48.7 Å². The van der Waals surface area contributed by atoms with Gasteiger partial charge in [-0.15, -0.1) is 0 Å². The molecule has 1 unspecified atom stereocenters. The van der Waals surface area contributed by atoms with E-state index in [-0.39, 0.29) is 10.8 Å². The summed E-state index contributed by atoms with van der Waals surface area (Å²) in [6.07, 6.45) is 1.09. The minimum atomic E-state index is -0.624. The number of nitrogens with two attached hydrogens (primary N) is 1. The van der Waals surface area contributed by atoms with Crippen LogP contribution in [0.5, 0.6) is 5.75 Å². The van der Waals surface area contributed by atoms with Gasteiger partial charge in [-0.25, -0.2) is 9.37 Å². The van der Waals surface area contributed by atoms with Crippen LogP contribution < -0.4 is 15.8 Å². The smallest absolute Gasteiger partial charge is 0.166 e. The number of rotatable bonds is 6.